The number of benzene rings is 1. The van der Waals surface area contributed by atoms with Gasteiger partial charge in [-0.1, -0.05) is 44.2 Å². The summed E-state index contributed by atoms with van der Waals surface area (Å²) >= 11 is 0. The maximum Gasteiger partial charge on any atom is 0.168 e. The van der Waals surface area contributed by atoms with E-state index < -0.39 is 5.92 Å². The Kier molecular flexibility index (Phi) is 4.29. The zero-order chi connectivity index (χ0) is 16.6. The maximum absolute atomic E-state index is 12.8. The zero-order valence-electron chi connectivity index (χ0n) is 14.3. The third kappa shape index (κ3) is 3.19. The van der Waals surface area contributed by atoms with Crippen LogP contribution < -0.4 is 0 Å². The van der Waals surface area contributed by atoms with Crippen molar-refractivity contribution in [2.45, 2.75) is 58.0 Å². The van der Waals surface area contributed by atoms with Crippen LogP contribution in [0.4, 0.5) is 0 Å². The average molecular weight is 310 g/mol. The van der Waals surface area contributed by atoms with Crippen molar-refractivity contribution in [3.05, 3.63) is 35.9 Å². The second-order valence-corrected chi connectivity index (χ2v) is 8.07. The normalized spacial score (nSPS) is 30.6. The minimum Gasteiger partial charge on any atom is -0.296 e. The second kappa shape index (κ2) is 6.09. The molecule has 3 heteroatoms. The van der Waals surface area contributed by atoms with E-state index >= 15 is 0 Å². The average Bonchev–Trinajstić information content (AvgIpc) is 2.72. The molecule has 0 N–H and O–H groups in total. The summed E-state index contributed by atoms with van der Waals surface area (Å²) in [7, 11) is 0. The molecule has 3 nitrogen and oxygen atoms in total. The summed E-state index contributed by atoms with van der Waals surface area (Å²) in [6, 6.07) is 12.6. The molecule has 1 aromatic rings. The number of Topliss-reactive ketones (excluding diaryl/α,β-unsaturated/α-hetero) is 1. The van der Waals surface area contributed by atoms with Crippen LogP contribution in [0.2, 0.25) is 0 Å². The molecule has 1 aliphatic heterocycles. The quantitative estimate of drug-likeness (QED) is 0.850. The highest BCUT2D eigenvalue weighted by molar-refractivity contribution is 5.90. The number of rotatable bonds is 4. The molecule has 1 saturated carbocycles. The van der Waals surface area contributed by atoms with Gasteiger partial charge in [0.1, 0.15) is 5.92 Å². The van der Waals surface area contributed by atoms with Crippen molar-refractivity contribution in [2.24, 2.45) is 11.3 Å². The number of hydrogen-bond acceptors (Lipinski definition) is 3. The number of nitrogens with zero attached hydrogens (tertiary/aromatic N) is 2. The van der Waals surface area contributed by atoms with Gasteiger partial charge in [0.05, 0.1) is 12.6 Å². The SMILES string of the molecule is C[C@@H]1[C@@H]2C[C@@H](CC(C)(C)C2)N1CC(=O)[C@@H](C#N)c1ccccc1. The van der Waals surface area contributed by atoms with Gasteiger partial charge in [-0.2, -0.15) is 5.26 Å². The predicted octanol–water partition coefficient (Wildman–Crippen LogP) is 3.76. The van der Waals surface area contributed by atoms with Gasteiger partial charge in [-0.05, 0) is 43.1 Å². The topological polar surface area (TPSA) is 44.1 Å². The van der Waals surface area contributed by atoms with Crippen molar-refractivity contribution < 1.29 is 4.79 Å². The van der Waals surface area contributed by atoms with Gasteiger partial charge in [0.25, 0.3) is 0 Å². The van der Waals surface area contributed by atoms with Gasteiger partial charge < -0.3 is 0 Å². The van der Waals surface area contributed by atoms with E-state index in [4.69, 9.17) is 0 Å². The molecule has 1 aromatic carbocycles. The van der Waals surface area contributed by atoms with Crippen LogP contribution >= 0.6 is 0 Å². The minimum absolute atomic E-state index is 0.0379. The van der Waals surface area contributed by atoms with Crippen molar-refractivity contribution in [3.63, 3.8) is 0 Å². The molecule has 122 valence electrons. The summed E-state index contributed by atoms with van der Waals surface area (Å²) in [5, 5.41) is 9.47. The van der Waals surface area contributed by atoms with Crippen LogP contribution in [0.3, 0.4) is 0 Å². The number of carbonyl (C=O) groups is 1. The van der Waals surface area contributed by atoms with E-state index in [-0.39, 0.29) is 5.78 Å². The second-order valence-electron chi connectivity index (χ2n) is 8.07. The Hall–Kier alpha value is -1.66. The third-order valence-corrected chi connectivity index (χ3v) is 5.77. The van der Waals surface area contributed by atoms with Crippen molar-refractivity contribution in [2.75, 3.05) is 6.54 Å². The third-order valence-electron chi connectivity index (χ3n) is 5.77. The summed E-state index contributed by atoms with van der Waals surface area (Å²) in [6.45, 7) is 7.34. The van der Waals surface area contributed by atoms with Crippen LogP contribution in [0.25, 0.3) is 0 Å². The van der Waals surface area contributed by atoms with Gasteiger partial charge in [-0.15, -0.1) is 0 Å². The lowest BCUT2D eigenvalue weighted by Crippen LogP contribution is -2.40. The summed E-state index contributed by atoms with van der Waals surface area (Å²) < 4.78 is 0. The van der Waals surface area contributed by atoms with Gasteiger partial charge in [0.2, 0.25) is 0 Å². The molecular formula is C20H26N2O. The van der Waals surface area contributed by atoms with Crippen LogP contribution in [0.5, 0.6) is 0 Å². The van der Waals surface area contributed by atoms with E-state index in [0.717, 1.165) is 12.0 Å². The highest BCUT2D eigenvalue weighted by Crippen LogP contribution is 2.48. The Morgan fingerprint density at radius 2 is 2.04 bits per heavy atom. The monoisotopic (exact) mass is 310 g/mol. The fourth-order valence-corrected chi connectivity index (χ4v) is 4.69. The van der Waals surface area contributed by atoms with Gasteiger partial charge in [0, 0.05) is 12.1 Å². The lowest BCUT2D eigenvalue weighted by Gasteiger charge is -2.35. The molecule has 0 unspecified atom stereocenters. The van der Waals surface area contributed by atoms with E-state index in [1.807, 2.05) is 30.3 Å². The molecule has 2 aliphatic rings. The van der Waals surface area contributed by atoms with E-state index in [1.54, 1.807) is 0 Å². The van der Waals surface area contributed by atoms with E-state index in [0.29, 0.717) is 30.0 Å². The lowest BCUT2D eigenvalue weighted by molar-refractivity contribution is -0.121. The molecule has 23 heavy (non-hydrogen) atoms. The van der Waals surface area contributed by atoms with Crippen LogP contribution in [0.15, 0.2) is 30.3 Å². The molecule has 0 radical (unpaired) electrons. The van der Waals surface area contributed by atoms with Crippen molar-refractivity contribution in [1.29, 1.82) is 5.26 Å². The molecule has 1 saturated heterocycles. The number of likely N-dealkylation sites (tertiary alicyclic amines) is 1. The van der Waals surface area contributed by atoms with Crippen molar-refractivity contribution >= 4 is 5.78 Å². The van der Waals surface area contributed by atoms with Gasteiger partial charge in [-0.3, -0.25) is 9.69 Å². The number of ketones is 1. The smallest absolute Gasteiger partial charge is 0.168 e. The fraction of sp³-hybridized carbons (Fsp3) is 0.600. The molecular weight excluding hydrogens is 284 g/mol. The van der Waals surface area contributed by atoms with E-state index in [1.165, 1.54) is 12.8 Å². The maximum atomic E-state index is 12.8. The first-order valence-electron chi connectivity index (χ1n) is 8.64. The Balaban J connectivity index is 1.74. The van der Waals surface area contributed by atoms with Crippen molar-refractivity contribution in [1.82, 2.24) is 4.90 Å². The van der Waals surface area contributed by atoms with Crippen molar-refractivity contribution in [3.8, 4) is 6.07 Å². The summed E-state index contributed by atoms with van der Waals surface area (Å²) in [4.78, 5) is 15.1. The Morgan fingerprint density at radius 1 is 1.35 bits per heavy atom. The molecule has 2 fully saturated rings. The highest BCUT2D eigenvalue weighted by atomic mass is 16.1. The first kappa shape index (κ1) is 16.2. The van der Waals surface area contributed by atoms with Gasteiger partial charge in [-0.25, -0.2) is 0 Å². The molecule has 1 heterocycles. The molecule has 4 atom stereocenters. The van der Waals surface area contributed by atoms with E-state index in [9.17, 15) is 10.1 Å². The molecule has 3 rings (SSSR count). The first-order chi connectivity index (χ1) is 10.9. The van der Waals surface area contributed by atoms with Crippen LogP contribution in [-0.2, 0) is 4.79 Å². The van der Waals surface area contributed by atoms with Gasteiger partial charge >= 0.3 is 0 Å². The summed E-state index contributed by atoms with van der Waals surface area (Å²) in [6.07, 6.45) is 3.61. The molecule has 0 aromatic heterocycles. The highest BCUT2D eigenvalue weighted by Gasteiger charge is 2.47. The van der Waals surface area contributed by atoms with E-state index in [2.05, 4.69) is 31.7 Å². The van der Waals surface area contributed by atoms with Gasteiger partial charge in [0.15, 0.2) is 5.78 Å². The Bertz CT molecular complexity index is 616. The standard InChI is InChI=1S/C20H26N2O/c1-14-16-9-17(11-20(2,3)10-16)22(14)13-19(23)18(12-21)15-7-5-4-6-8-15/h4-8,14,16-18H,9-11,13H2,1-3H3/t14-,16-,17+,18+/m1/s1. The summed E-state index contributed by atoms with van der Waals surface area (Å²) in [5.74, 6) is 0.0848. The lowest BCUT2D eigenvalue weighted by atomic mass is 9.71. The summed E-state index contributed by atoms with van der Waals surface area (Å²) in [5.41, 5.74) is 1.18. The number of carbonyl (C=O) groups excluding carboxylic acids is 1. The zero-order valence-corrected chi connectivity index (χ0v) is 14.3. The predicted molar refractivity (Wildman–Crippen MR) is 90.9 cm³/mol. The van der Waals surface area contributed by atoms with Crippen LogP contribution in [-0.4, -0.2) is 29.3 Å². The molecule has 2 bridgehead atoms. The molecule has 1 aliphatic carbocycles. The number of fused-ring (bicyclic) bond motifs is 2. The fourth-order valence-electron chi connectivity index (χ4n) is 4.69. The van der Waals surface area contributed by atoms with Crippen LogP contribution in [0.1, 0.15) is 51.5 Å². The molecule has 0 spiro atoms. The Labute approximate surface area is 139 Å². The van der Waals surface area contributed by atoms with Crippen LogP contribution in [0, 0.1) is 22.7 Å². The first-order valence-corrected chi connectivity index (χ1v) is 8.64. The number of nitriles is 1. The number of hydrogen-bond donors (Lipinski definition) is 0. The Morgan fingerprint density at radius 3 is 2.70 bits per heavy atom. The molecule has 0 amide bonds. The minimum atomic E-state index is -0.642. The largest absolute Gasteiger partial charge is 0.296 e.